The summed E-state index contributed by atoms with van der Waals surface area (Å²) in [4.78, 5) is 25.5. The van der Waals surface area contributed by atoms with Crippen LogP contribution < -0.4 is 27.4 Å². The summed E-state index contributed by atoms with van der Waals surface area (Å²) in [5.74, 6) is -0.945. The van der Waals surface area contributed by atoms with Gasteiger partial charge in [0.05, 0.1) is 11.3 Å². The number of nitrogens with two attached hydrogens (primary N) is 3. The minimum Gasteiger partial charge on any atom is -0.397 e. The fraction of sp³-hybridized carbons (Fsp3) is 0.455. The number of hydrogen-bond donors (Lipinski definition) is 4. The summed E-state index contributed by atoms with van der Waals surface area (Å²) in [5.41, 5.74) is 17.5. The Bertz CT molecular complexity index is 527. The number of rotatable bonds is 3. The van der Waals surface area contributed by atoms with Gasteiger partial charge in [0.15, 0.2) is 0 Å². The normalized spacial score (nSPS) is 18.6. The van der Waals surface area contributed by atoms with Crippen molar-refractivity contribution in [2.75, 3.05) is 30.8 Å². The van der Waals surface area contributed by atoms with Crippen LogP contribution in [0.5, 0.6) is 0 Å². The van der Waals surface area contributed by atoms with Crippen molar-refractivity contribution < 1.29 is 9.59 Å². The van der Waals surface area contributed by atoms with Crippen molar-refractivity contribution in [1.29, 1.82) is 0 Å². The Kier molecular flexibility index (Phi) is 3.63. The van der Waals surface area contributed by atoms with Crippen LogP contribution in [0.15, 0.2) is 0 Å². The molecule has 0 radical (unpaired) electrons. The third-order valence-corrected chi connectivity index (χ3v) is 4.40. The van der Waals surface area contributed by atoms with Gasteiger partial charge in [-0.05, 0) is 6.42 Å². The largest absolute Gasteiger partial charge is 0.397 e. The minimum absolute atomic E-state index is 0.0675. The highest BCUT2D eigenvalue weighted by atomic mass is 32.1. The van der Waals surface area contributed by atoms with Gasteiger partial charge in [-0.15, -0.1) is 11.3 Å². The molecule has 0 bridgehead atoms. The summed E-state index contributed by atoms with van der Waals surface area (Å²) in [5, 5.41) is 3.19. The van der Waals surface area contributed by atoms with Crippen LogP contribution in [-0.4, -0.2) is 38.0 Å². The van der Waals surface area contributed by atoms with E-state index in [-0.39, 0.29) is 22.5 Å². The second kappa shape index (κ2) is 5.06. The lowest BCUT2D eigenvalue weighted by Gasteiger charge is -2.17. The first kappa shape index (κ1) is 13.6. The first-order chi connectivity index (χ1) is 8.95. The van der Waals surface area contributed by atoms with Gasteiger partial charge in [0.25, 0.3) is 11.8 Å². The number of nitrogens with one attached hydrogen (secondary N) is 1. The van der Waals surface area contributed by atoms with Crippen molar-refractivity contribution in [1.82, 2.24) is 5.32 Å². The molecule has 2 heterocycles. The molecule has 2 amide bonds. The second-order valence-electron chi connectivity index (χ2n) is 4.46. The van der Waals surface area contributed by atoms with E-state index in [0.717, 1.165) is 24.3 Å². The van der Waals surface area contributed by atoms with Crippen molar-refractivity contribution in [2.45, 2.75) is 12.5 Å². The molecule has 1 aliphatic heterocycles. The van der Waals surface area contributed by atoms with Crippen molar-refractivity contribution in [3.8, 4) is 0 Å². The van der Waals surface area contributed by atoms with E-state index in [9.17, 15) is 9.59 Å². The summed E-state index contributed by atoms with van der Waals surface area (Å²) >= 11 is 1.15. The number of anilines is 2. The Morgan fingerprint density at radius 3 is 2.63 bits per heavy atom. The van der Waals surface area contributed by atoms with Crippen molar-refractivity contribution in [3.05, 3.63) is 10.4 Å². The fourth-order valence-corrected chi connectivity index (χ4v) is 3.26. The molecular formula is C11H17N5O2S. The molecule has 8 heteroatoms. The molecule has 1 aliphatic rings. The fourth-order valence-electron chi connectivity index (χ4n) is 2.15. The molecule has 2 rings (SSSR count). The predicted molar refractivity (Wildman–Crippen MR) is 75.4 cm³/mol. The number of carbonyl (C=O) groups is 2. The van der Waals surface area contributed by atoms with Crippen LogP contribution in [0, 0.1) is 0 Å². The molecule has 1 saturated heterocycles. The molecule has 1 atom stereocenters. The van der Waals surface area contributed by atoms with Crippen LogP contribution >= 0.6 is 11.3 Å². The van der Waals surface area contributed by atoms with Crippen LogP contribution in [0.3, 0.4) is 0 Å². The number of nitrogen functional groups attached to an aromatic ring is 1. The molecule has 1 aromatic heterocycles. The average Bonchev–Trinajstić information content (AvgIpc) is 2.92. The van der Waals surface area contributed by atoms with Gasteiger partial charge in [-0.1, -0.05) is 0 Å². The second-order valence-corrected chi connectivity index (χ2v) is 5.46. The molecule has 104 valence electrons. The van der Waals surface area contributed by atoms with Gasteiger partial charge in [0.2, 0.25) is 0 Å². The highest BCUT2D eigenvalue weighted by molar-refractivity contribution is 7.19. The number of primary amides is 1. The third kappa shape index (κ3) is 2.36. The Balaban J connectivity index is 2.49. The number of thiophene rings is 1. The van der Waals surface area contributed by atoms with E-state index in [1.54, 1.807) is 0 Å². The number of nitrogens with zero attached hydrogens (tertiary/aromatic N) is 1. The van der Waals surface area contributed by atoms with Crippen molar-refractivity contribution >= 4 is 33.8 Å². The van der Waals surface area contributed by atoms with Gasteiger partial charge in [0.1, 0.15) is 9.88 Å². The maximum absolute atomic E-state index is 11.9. The summed E-state index contributed by atoms with van der Waals surface area (Å²) < 4.78 is 0. The summed E-state index contributed by atoms with van der Waals surface area (Å²) in [6.07, 6.45) is 0.844. The van der Waals surface area contributed by atoms with Gasteiger partial charge < -0.3 is 27.4 Å². The monoisotopic (exact) mass is 283 g/mol. The zero-order chi connectivity index (χ0) is 14.2. The first-order valence-electron chi connectivity index (χ1n) is 5.90. The quantitative estimate of drug-likeness (QED) is 0.585. The average molecular weight is 283 g/mol. The highest BCUT2D eigenvalue weighted by Crippen LogP contribution is 2.39. The van der Waals surface area contributed by atoms with E-state index in [1.807, 2.05) is 4.90 Å². The number of carbonyl (C=O) groups excluding carboxylic acids is 2. The van der Waals surface area contributed by atoms with Gasteiger partial charge in [-0.3, -0.25) is 9.59 Å². The van der Waals surface area contributed by atoms with Gasteiger partial charge in [-0.2, -0.15) is 0 Å². The lowest BCUT2D eigenvalue weighted by atomic mass is 10.2. The maximum Gasteiger partial charge on any atom is 0.260 e. The number of amides is 2. The van der Waals surface area contributed by atoms with E-state index >= 15 is 0 Å². The molecule has 1 fully saturated rings. The molecule has 1 aromatic rings. The Morgan fingerprint density at radius 1 is 1.47 bits per heavy atom. The van der Waals surface area contributed by atoms with Crippen LogP contribution in [0.1, 0.15) is 26.5 Å². The van der Waals surface area contributed by atoms with Crippen LogP contribution in [0.2, 0.25) is 0 Å². The maximum atomic E-state index is 11.9. The lowest BCUT2D eigenvalue weighted by molar-refractivity contribution is 0.0964. The summed E-state index contributed by atoms with van der Waals surface area (Å²) in [6, 6.07) is 0.0675. The van der Waals surface area contributed by atoms with Gasteiger partial charge >= 0.3 is 0 Å². The zero-order valence-corrected chi connectivity index (χ0v) is 11.4. The van der Waals surface area contributed by atoms with E-state index in [4.69, 9.17) is 17.2 Å². The number of hydrogen-bond acceptors (Lipinski definition) is 6. The third-order valence-electron chi connectivity index (χ3n) is 3.12. The van der Waals surface area contributed by atoms with Crippen molar-refractivity contribution in [3.63, 3.8) is 0 Å². The smallest absolute Gasteiger partial charge is 0.260 e. The molecule has 0 saturated carbocycles. The topological polar surface area (TPSA) is 127 Å². The Labute approximate surface area is 114 Å². The summed E-state index contributed by atoms with van der Waals surface area (Å²) in [7, 11) is 1.52. The predicted octanol–water partition coefficient (Wildman–Crippen LogP) is -0.674. The van der Waals surface area contributed by atoms with E-state index in [1.165, 1.54) is 7.05 Å². The highest BCUT2D eigenvalue weighted by Gasteiger charge is 2.30. The van der Waals surface area contributed by atoms with Crippen LogP contribution in [-0.2, 0) is 0 Å². The molecule has 0 spiro atoms. The van der Waals surface area contributed by atoms with Gasteiger partial charge in [0, 0.05) is 26.2 Å². The Hall–Kier alpha value is -1.80. The van der Waals surface area contributed by atoms with Crippen LogP contribution in [0.4, 0.5) is 10.7 Å². The molecule has 19 heavy (non-hydrogen) atoms. The molecule has 7 nitrogen and oxygen atoms in total. The summed E-state index contributed by atoms with van der Waals surface area (Å²) in [6.45, 7) is 1.38. The lowest BCUT2D eigenvalue weighted by Crippen LogP contribution is -2.28. The SMILES string of the molecule is CNC(=O)c1c(N2CCC(N)C2)sc(C(N)=O)c1N. The van der Waals surface area contributed by atoms with E-state index < -0.39 is 5.91 Å². The zero-order valence-electron chi connectivity index (χ0n) is 10.6. The van der Waals surface area contributed by atoms with Gasteiger partial charge in [-0.25, -0.2) is 0 Å². The Morgan fingerprint density at radius 2 is 2.16 bits per heavy atom. The molecule has 7 N–H and O–H groups in total. The standard InChI is InChI=1S/C11H17N5O2S/c1-15-10(18)6-7(13)8(9(14)17)19-11(6)16-3-2-5(12)4-16/h5H,2-4,12-13H2,1H3,(H2,14,17)(H,15,18). The first-order valence-corrected chi connectivity index (χ1v) is 6.72. The molecular weight excluding hydrogens is 266 g/mol. The van der Waals surface area contributed by atoms with Crippen molar-refractivity contribution in [2.24, 2.45) is 11.5 Å². The molecule has 0 aromatic carbocycles. The molecule has 0 aliphatic carbocycles. The minimum atomic E-state index is -0.623. The van der Waals surface area contributed by atoms with E-state index in [0.29, 0.717) is 17.1 Å². The van der Waals surface area contributed by atoms with E-state index in [2.05, 4.69) is 5.32 Å². The van der Waals surface area contributed by atoms with Crippen LogP contribution in [0.25, 0.3) is 0 Å². The molecule has 1 unspecified atom stereocenters.